The number of rotatable bonds is 5. The van der Waals surface area contributed by atoms with Gasteiger partial charge in [-0.15, -0.1) is 37.2 Å². The molecule has 0 radical (unpaired) electrons. The topological polar surface area (TPSA) is 61.6 Å². The molecule has 29 heavy (non-hydrogen) atoms. The van der Waals surface area contributed by atoms with Crippen LogP contribution in [-0.4, -0.2) is 48.9 Å². The molecule has 5 nitrogen and oxygen atoms in total. The molecule has 162 valence electrons. The molecule has 1 saturated heterocycles. The maximum absolute atomic E-state index is 12.4. The molecule has 0 atom stereocenters. The summed E-state index contributed by atoms with van der Waals surface area (Å²) in [6.07, 6.45) is 0. The second-order valence-electron chi connectivity index (χ2n) is 7.15. The average Bonchev–Trinajstić information content (AvgIpc) is 2.65. The smallest absolute Gasteiger partial charge is 0.251 e. The molecule has 3 N–H and O–H groups in total. The first-order valence-electron chi connectivity index (χ1n) is 9.14. The van der Waals surface area contributed by atoms with Gasteiger partial charge in [0.15, 0.2) is 0 Å². The van der Waals surface area contributed by atoms with Crippen LogP contribution in [0.3, 0.4) is 0 Å². The predicted molar refractivity (Wildman–Crippen MR) is 128 cm³/mol. The van der Waals surface area contributed by atoms with E-state index in [1.54, 1.807) is 6.07 Å². The zero-order valence-electron chi connectivity index (χ0n) is 16.9. The van der Waals surface area contributed by atoms with Crippen molar-refractivity contribution in [2.45, 2.75) is 20.0 Å². The number of carbonyl (C=O) groups is 1. The summed E-state index contributed by atoms with van der Waals surface area (Å²) >= 11 is 0. The van der Waals surface area contributed by atoms with Crippen LogP contribution >= 0.6 is 37.2 Å². The summed E-state index contributed by atoms with van der Waals surface area (Å²) in [5.41, 5.74) is 10.4. The molecule has 0 aromatic heterocycles. The van der Waals surface area contributed by atoms with Crippen LogP contribution < -0.4 is 11.1 Å². The van der Waals surface area contributed by atoms with Gasteiger partial charge in [-0.25, -0.2) is 0 Å². The molecule has 0 unspecified atom stereocenters. The number of aryl methyl sites for hydroxylation is 1. The number of nitrogens with one attached hydrogen (secondary N) is 1. The van der Waals surface area contributed by atoms with Crippen LogP contribution in [0.2, 0.25) is 0 Å². The number of nitrogens with two attached hydrogens (primary N) is 1. The molecular formula is C21H31Cl3N4O. The number of piperazine rings is 1. The number of carbonyl (C=O) groups excluding carboxylic acids is 1. The molecule has 1 amide bonds. The van der Waals surface area contributed by atoms with Crippen LogP contribution in [0.5, 0.6) is 0 Å². The van der Waals surface area contributed by atoms with Crippen molar-refractivity contribution < 1.29 is 4.79 Å². The standard InChI is InChI=1S/C21H28N4O.3ClH/c1-16-3-8-19(22)13-20(16)21(26)23-14-17-4-6-18(7-5-17)15-25-11-9-24(2)10-12-25;;;/h3-8,13H,9-12,14-15,22H2,1-2H3,(H,23,26);3*1H. The number of likely N-dealkylation sites (N-methyl/N-ethyl adjacent to an activating group) is 1. The molecular weight excluding hydrogens is 431 g/mol. The maximum Gasteiger partial charge on any atom is 0.251 e. The van der Waals surface area contributed by atoms with Crippen molar-refractivity contribution in [2.24, 2.45) is 0 Å². The lowest BCUT2D eigenvalue weighted by Crippen LogP contribution is -2.43. The Labute approximate surface area is 192 Å². The summed E-state index contributed by atoms with van der Waals surface area (Å²) in [7, 11) is 2.17. The van der Waals surface area contributed by atoms with Gasteiger partial charge in [0.1, 0.15) is 0 Å². The van der Waals surface area contributed by atoms with Crippen LogP contribution in [-0.2, 0) is 13.1 Å². The monoisotopic (exact) mass is 460 g/mol. The van der Waals surface area contributed by atoms with Gasteiger partial charge in [0, 0.05) is 50.5 Å². The Morgan fingerprint density at radius 3 is 2.17 bits per heavy atom. The molecule has 1 fully saturated rings. The van der Waals surface area contributed by atoms with Crippen LogP contribution in [0, 0.1) is 6.92 Å². The summed E-state index contributed by atoms with van der Waals surface area (Å²) in [5, 5.41) is 2.98. The Hall–Kier alpha value is -1.50. The Balaban J connectivity index is 0.00000261. The normalized spacial score (nSPS) is 14.1. The Bertz CT molecular complexity index is 763. The summed E-state index contributed by atoms with van der Waals surface area (Å²) in [4.78, 5) is 17.2. The second kappa shape index (κ2) is 12.9. The quantitative estimate of drug-likeness (QED) is 0.669. The Kier molecular flexibility index (Phi) is 12.3. The molecule has 2 aromatic rings. The van der Waals surface area contributed by atoms with Crippen molar-refractivity contribution in [3.63, 3.8) is 0 Å². The lowest BCUT2D eigenvalue weighted by Gasteiger charge is -2.32. The van der Waals surface area contributed by atoms with Crippen molar-refractivity contribution in [3.05, 3.63) is 64.7 Å². The van der Waals surface area contributed by atoms with Crippen molar-refractivity contribution in [1.82, 2.24) is 15.1 Å². The highest BCUT2D eigenvalue weighted by Gasteiger charge is 2.14. The fraction of sp³-hybridized carbons (Fsp3) is 0.381. The van der Waals surface area contributed by atoms with Gasteiger partial charge < -0.3 is 16.0 Å². The first-order chi connectivity index (χ1) is 12.5. The van der Waals surface area contributed by atoms with E-state index < -0.39 is 0 Å². The van der Waals surface area contributed by atoms with E-state index in [1.807, 2.05) is 19.1 Å². The molecule has 0 spiro atoms. The average molecular weight is 462 g/mol. The summed E-state index contributed by atoms with van der Waals surface area (Å²) in [5.74, 6) is -0.0867. The predicted octanol–water partition coefficient (Wildman–Crippen LogP) is 3.52. The SMILES string of the molecule is Cc1ccc(N)cc1C(=O)NCc1ccc(CN2CCN(C)CC2)cc1.Cl.Cl.Cl. The van der Waals surface area contributed by atoms with Gasteiger partial charge in [0.05, 0.1) is 0 Å². The van der Waals surface area contributed by atoms with Gasteiger partial charge in [-0.05, 0) is 42.8 Å². The number of halogens is 3. The molecule has 0 aliphatic carbocycles. The number of nitrogen functional groups attached to an aromatic ring is 1. The van der Waals surface area contributed by atoms with E-state index in [-0.39, 0.29) is 43.1 Å². The van der Waals surface area contributed by atoms with E-state index in [9.17, 15) is 4.79 Å². The minimum Gasteiger partial charge on any atom is -0.399 e. The van der Waals surface area contributed by atoms with Gasteiger partial charge in [-0.1, -0.05) is 30.3 Å². The van der Waals surface area contributed by atoms with Crippen molar-refractivity contribution >= 4 is 48.8 Å². The largest absolute Gasteiger partial charge is 0.399 e. The van der Waals surface area contributed by atoms with Crippen LogP contribution in [0.25, 0.3) is 0 Å². The lowest BCUT2D eigenvalue weighted by atomic mass is 10.1. The molecule has 1 heterocycles. The zero-order chi connectivity index (χ0) is 18.5. The van der Waals surface area contributed by atoms with E-state index in [4.69, 9.17) is 5.73 Å². The van der Waals surface area contributed by atoms with Crippen LogP contribution in [0.1, 0.15) is 27.0 Å². The Morgan fingerprint density at radius 1 is 0.966 bits per heavy atom. The molecule has 1 aliphatic rings. The van der Waals surface area contributed by atoms with Crippen molar-refractivity contribution in [2.75, 3.05) is 39.0 Å². The molecule has 2 aromatic carbocycles. The van der Waals surface area contributed by atoms with Crippen LogP contribution in [0.4, 0.5) is 5.69 Å². The van der Waals surface area contributed by atoms with Gasteiger partial charge in [-0.3, -0.25) is 9.69 Å². The number of anilines is 1. The molecule has 8 heteroatoms. The first-order valence-corrected chi connectivity index (χ1v) is 9.14. The van der Waals surface area contributed by atoms with E-state index in [0.29, 0.717) is 17.8 Å². The number of amides is 1. The van der Waals surface area contributed by atoms with Crippen molar-refractivity contribution in [1.29, 1.82) is 0 Å². The van der Waals surface area contributed by atoms with Gasteiger partial charge in [0.25, 0.3) is 5.91 Å². The minimum absolute atomic E-state index is 0. The third kappa shape index (κ3) is 8.03. The molecule has 1 aliphatic heterocycles. The number of nitrogens with zero attached hydrogens (tertiary/aromatic N) is 2. The molecule has 3 rings (SSSR count). The second-order valence-corrected chi connectivity index (χ2v) is 7.15. The van der Waals surface area contributed by atoms with E-state index in [1.165, 1.54) is 5.56 Å². The van der Waals surface area contributed by atoms with E-state index in [2.05, 4.69) is 46.4 Å². The van der Waals surface area contributed by atoms with Gasteiger partial charge in [0.2, 0.25) is 0 Å². The van der Waals surface area contributed by atoms with Crippen molar-refractivity contribution in [3.8, 4) is 0 Å². The van der Waals surface area contributed by atoms with Gasteiger partial charge in [-0.2, -0.15) is 0 Å². The fourth-order valence-electron chi connectivity index (χ4n) is 3.19. The highest BCUT2D eigenvalue weighted by molar-refractivity contribution is 5.96. The maximum atomic E-state index is 12.4. The van der Waals surface area contributed by atoms with E-state index >= 15 is 0 Å². The summed E-state index contributed by atoms with van der Waals surface area (Å²) in [6, 6.07) is 13.9. The lowest BCUT2D eigenvalue weighted by molar-refractivity contribution is 0.0950. The number of benzene rings is 2. The third-order valence-electron chi connectivity index (χ3n) is 4.98. The fourth-order valence-corrected chi connectivity index (χ4v) is 3.19. The van der Waals surface area contributed by atoms with Gasteiger partial charge >= 0.3 is 0 Å². The highest BCUT2D eigenvalue weighted by atomic mass is 35.5. The van der Waals surface area contributed by atoms with E-state index in [0.717, 1.165) is 43.9 Å². The number of hydrogen-bond donors (Lipinski definition) is 2. The third-order valence-corrected chi connectivity index (χ3v) is 4.98. The highest BCUT2D eigenvalue weighted by Crippen LogP contribution is 2.13. The zero-order valence-corrected chi connectivity index (χ0v) is 19.3. The summed E-state index contributed by atoms with van der Waals surface area (Å²) in [6.45, 7) is 7.93. The number of hydrogen-bond acceptors (Lipinski definition) is 4. The minimum atomic E-state index is -0.0867. The summed E-state index contributed by atoms with van der Waals surface area (Å²) < 4.78 is 0. The molecule has 0 saturated carbocycles. The van der Waals surface area contributed by atoms with Crippen LogP contribution in [0.15, 0.2) is 42.5 Å². The first kappa shape index (κ1) is 27.5. The molecule has 0 bridgehead atoms. The Morgan fingerprint density at radius 2 is 1.55 bits per heavy atom.